The molecule has 4 rings (SSSR count). The number of fused-ring (bicyclic) bond motifs is 1. The van der Waals surface area contributed by atoms with Crippen LogP contribution in [-0.2, 0) is 11.3 Å². The van der Waals surface area contributed by atoms with Crippen molar-refractivity contribution in [2.75, 3.05) is 44.7 Å². The second kappa shape index (κ2) is 8.76. The Bertz CT molecular complexity index is 1010. The van der Waals surface area contributed by atoms with Crippen molar-refractivity contribution in [3.8, 4) is 0 Å². The molecule has 156 valence electrons. The molecule has 0 saturated carbocycles. The average Bonchev–Trinajstić information content (AvgIpc) is 3.16. The molecule has 0 aliphatic carbocycles. The zero-order valence-electron chi connectivity index (χ0n) is 16.7. The number of nitrogens with zero attached hydrogens (tertiary/aromatic N) is 5. The normalized spacial score (nSPS) is 14.8. The van der Waals surface area contributed by atoms with E-state index in [0.29, 0.717) is 13.1 Å². The van der Waals surface area contributed by atoms with Crippen LogP contribution in [0.25, 0.3) is 10.2 Å². The maximum absolute atomic E-state index is 12.7. The number of thiazole rings is 1. The molecule has 8 nitrogen and oxygen atoms in total. The van der Waals surface area contributed by atoms with E-state index in [-0.39, 0.29) is 11.6 Å². The summed E-state index contributed by atoms with van der Waals surface area (Å²) in [4.78, 5) is 33.8. The Morgan fingerprint density at radius 2 is 1.83 bits per heavy atom. The predicted molar refractivity (Wildman–Crippen MR) is 118 cm³/mol. The highest BCUT2D eigenvalue weighted by Gasteiger charge is 2.21. The molecule has 0 unspecified atom stereocenters. The number of nitro groups is 1. The van der Waals surface area contributed by atoms with Gasteiger partial charge in [-0.1, -0.05) is 12.1 Å². The number of likely N-dealkylation sites (N-methyl/N-ethyl adjacent to an activating group) is 1. The van der Waals surface area contributed by atoms with E-state index in [1.54, 1.807) is 28.4 Å². The number of amides is 1. The Morgan fingerprint density at radius 3 is 2.50 bits per heavy atom. The Morgan fingerprint density at radius 1 is 1.13 bits per heavy atom. The molecule has 0 atom stereocenters. The largest absolute Gasteiger partial charge is 0.369 e. The van der Waals surface area contributed by atoms with Gasteiger partial charge in [0, 0.05) is 51.0 Å². The summed E-state index contributed by atoms with van der Waals surface area (Å²) in [5.41, 5.74) is 2.04. The number of nitro benzene ring substituents is 1. The van der Waals surface area contributed by atoms with Crippen LogP contribution in [0.15, 0.2) is 48.5 Å². The third-order valence-corrected chi connectivity index (χ3v) is 6.31. The number of carbonyl (C=O) groups is 1. The molecule has 1 saturated heterocycles. The first kappa shape index (κ1) is 20.2. The number of piperazine rings is 1. The number of carbonyl (C=O) groups excluding carboxylic acids is 1. The summed E-state index contributed by atoms with van der Waals surface area (Å²) < 4.78 is 1.13. The molecule has 30 heavy (non-hydrogen) atoms. The van der Waals surface area contributed by atoms with Crippen LogP contribution in [0.4, 0.5) is 11.4 Å². The van der Waals surface area contributed by atoms with Crippen LogP contribution < -0.4 is 4.90 Å². The van der Waals surface area contributed by atoms with Gasteiger partial charge in [0.05, 0.1) is 28.2 Å². The predicted octanol–water partition coefficient (Wildman–Crippen LogP) is 2.99. The maximum Gasteiger partial charge on any atom is 0.269 e. The summed E-state index contributed by atoms with van der Waals surface area (Å²) in [6, 6.07) is 14.6. The standard InChI is InChI=1S/C21H23N5O3S/c1-23(14-20-22-18-4-2-3-5-19(18)30-20)21(27)15-24-10-12-25(13-11-24)16-6-8-17(9-7-16)26(28)29/h2-9H,10-15H2,1H3. The van der Waals surface area contributed by atoms with E-state index in [0.717, 1.165) is 47.1 Å². The van der Waals surface area contributed by atoms with Gasteiger partial charge in [-0.25, -0.2) is 4.98 Å². The lowest BCUT2D eigenvalue weighted by atomic mass is 10.2. The zero-order valence-corrected chi connectivity index (χ0v) is 17.5. The van der Waals surface area contributed by atoms with E-state index in [1.165, 1.54) is 12.1 Å². The first-order chi connectivity index (χ1) is 14.5. The number of anilines is 1. The molecule has 1 aliphatic heterocycles. The Labute approximate surface area is 178 Å². The molecule has 0 bridgehead atoms. The summed E-state index contributed by atoms with van der Waals surface area (Å²) in [6.07, 6.45) is 0. The van der Waals surface area contributed by atoms with Crippen molar-refractivity contribution in [2.24, 2.45) is 0 Å². The van der Waals surface area contributed by atoms with Gasteiger partial charge >= 0.3 is 0 Å². The topological polar surface area (TPSA) is 82.8 Å². The average molecular weight is 426 g/mol. The van der Waals surface area contributed by atoms with Crippen molar-refractivity contribution in [2.45, 2.75) is 6.54 Å². The Kier molecular flexibility index (Phi) is 5.91. The van der Waals surface area contributed by atoms with Crippen LogP contribution in [0.1, 0.15) is 5.01 Å². The minimum atomic E-state index is -0.391. The van der Waals surface area contributed by atoms with Crippen LogP contribution in [0.5, 0.6) is 0 Å². The molecular formula is C21H23N5O3S. The fourth-order valence-electron chi connectivity index (χ4n) is 3.54. The summed E-state index contributed by atoms with van der Waals surface area (Å²) >= 11 is 1.62. The van der Waals surface area contributed by atoms with Crippen LogP contribution in [0.2, 0.25) is 0 Å². The number of benzene rings is 2. The quantitative estimate of drug-likeness (QED) is 0.446. The lowest BCUT2D eigenvalue weighted by Gasteiger charge is -2.36. The summed E-state index contributed by atoms with van der Waals surface area (Å²) in [5, 5.41) is 11.7. The van der Waals surface area contributed by atoms with E-state index in [2.05, 4.69) is 14.8 Å². The van der Waals surface area contributed by atoms with Crippen molar-refractivity contribution in [3.63, 3.8) is 0 Å². The summed E-state index contributed by atoms with van der Waals surface area (Å²) in [7, 11) is 1.82. The third kappa shape index (κ3) is 4.58. The molecule has 2 heterocycles. The molecule has 0 spiro atoms. The molecule has 0 N–H and O–H groups in total. The van der Waals surface area contributed by atoms with Crippen LogP contribution >= 0.6 is 11.3 Å². The van der Waals surface area contributed by atoms with Gasteiger partial charge in [-0.15, -0.1) is 11.3 Å². The van der Waals surface area contributed by atoms with Gasteiger partial charge in [-0.2, -0.15) is 0 Å². The van der Waals surface area contributed by atoms with Crippen molar-refractivity contribution in [1.82, 2.24) is 14.8 Å². The molecule has 2 aromatic carbocycles. The number of aromatic nitrogens is 1. The highest BCUT2D eigenvalue weighted by atomic mass is 32.1. The number of non-ortho nitro benzene ring substituents is 1. The van der Waals surface area contributed by atoms with Crippen LogP contribution in [0.3, 0.4) is 0 Å². The fourth-order valence-corrected chi connectivity index (χ4v) is 4.56. The van der Waals surface area contributed by atoms with Gasteiger partial charge in [0.2, 0.25) is 5.91 Å². The Balaban J connectivity index is 1.27. The third-order valence-electron chi connectivity index (χ3n) is 5.29. The van der Waals surface area contributed by atoms with Crippen molar-refractivity contribution < 1.29 is 9.72 Å². The number of para-hydroxylation sites is 1. The van der Waals surface area contributed by atoms with E-state index in [4.69, 9.17) is 0 Å². The zero-order chi connectivity index (χ0) is 21.1. The number of rotatable bonds is 6. The fraction of sp³-hybridized carbons (Fsp3) is 0.333. The number of hydrogen-bond donors (Lipinski definition) is 0. The monoisotopic (exact) mass is 425 g/mol. The van der Waals surface area contributed by atoms with Crippen LogP contribution in [0, 0.1) is 10.1 Å². The molecule has 1 aromatic heterocycles. The van der Waals surface area contributed by atoms with Gasteiger partial charge in [0.15, 0.2) is 0 Å². The first-order valence-electron chi connectivity index (χ1n) is 9.80. The second-order valence-corrected chi connectivity index (χ2v) is 8.48. The van der Waals surface area contributed by atoms with Gasteiger partial charge in [0.25, 0.3) is 5.69 Å². The minimum Gasteiger partial charge on any atom is -0.369 e. The highest BCUT2D eigenvalue weighted by Crippen LogP contribution is 2.23. The molecule has 1 amide bonds. The minimum absolute atomic E-state index is 0.0815. The number of hydrogen-bond acceptors (Lipinski definition) is 7. The summed E-state index contributed by atoms with van der Waals surface area (Å²) in [5.74, 6) is 0.0815. The second-order valence-electron chi connectivity index (χ2n) is 7.36. The van der Waals surface area contributed by atoms with Crippen LogP contribution in [-0.4, -0.2) is 65.4 Å². The lowest BCUT2D eigenvalue weighted by Crippen LogP contribution is -2.49. The van der Waals surface area contributed by atoms with Gasteiger partial charge in [0.1, 0.15) is 5.01 Å². The van der Waals surface area contributed by atoms with Gasteiger partial charge < -0.3 is 9.80 Å². The van der Waals surface area contributed by atoms with Gasteiger partial charge in [-0.3, -0.25) is 19.8 Å². The molecule has 3 aromatic rings. The molecule has 0 radical (unpaired) electrons. The first-order valence-corrected chi connectivity index (χ1v) is 10.6. The smallest absolute Gasteiger partial charge is 0.269 e. The molecule has 9 heteroatoms. The van der Waals surface area contributed by atoms with Gasteiger partial charge in [-0.05, 0) is 24.3 Å². The van der Waals surface area contributed by atoms with E-state index >= 15 is 0 Å². The lowest BCUT2D eigenvalue weighted by molar-refractivity contribution is -0.384. The Hall–Kier alpha value is -3.04. The highest BCUT2D eigenvalue weighted by molar-refractivity contribution is 7.18. The molecule has 1 aliphatic rings. The van der Waals surface area contributed by atoms with Crippen molar-refractivity contribution >= 4 is 38.8 Å². The van der Waals surface area contributed by atoms with E-state index in [1.807, 2.05) is 31.3 Å². The van der Waals surface area contributed by atoms with Crippen molar-refractivity contribution in [1.29, 1.82) is 0 Å². The molecule has 1 fully saturated rings. The molecular weight excluding hydrogens is 402 g/mol. The SMILES string of the molecule is CN(Cc1nc2ccccc2s1)C(=O)CN1CCN(c2ccc([N+](=O)[O-])cc2)CC1. The van der Waals surface area contributed by atoms with Crippen molar-refractivity contribution in [3.05, 3.63) is 63.7 Å². The van der Waals surface area contributed by atoms with E-state index < -0.39 is 4.92 Å². The van der Waals surface area contributed by atoms with E-state index in [9.17, 15) is 14.9 Å². The summed E-state index contributed by atoms with van der Waals surface area (Å²) in [6.45, 7) is 4.02. The maximum atomic E-state index is 12.7.